The van der Waals surface area contributed by atoms with Gasteiger partial charge in [0, 0.05) is 11.7 Å². The molecule has 0 aliphatic rings. The van der Waals surface area contributed by atoms with Gasteiger partial charge in [-0.3, -0.25) is 4.79 Å². The van der Waals surface area contributed by atoms with Crippen LogP contribution >= 0.6 is 23.1 Å². The minimum absolute atomic E-state index is 0.0230. The largest absolute Gasteiger partial charge is 0.353 e. The van der Waals surface area contributed by atoms with E-state index in [2.05, 4.69) is 52.9 Å². The van der Waals surface area contributed by atoms with Gasteiger partial charge in [-0.15, -0.1) is 10.2 Å². The number of nitrogens with one attached hydrogen (secondary N) is 2. The first-order valence-corrected chi connectivity index (χ1v) is 11.4. The van der Waals surface area contributed by atoms with Gasteiger partial charge in [0.05, 0.1) is 5.75 Å². The van der Waals surface area contributed by atoms with Gasteiger partial charge < -0.3 is 10.6 Å². The summed E-state index contributed by atoms with van der Waals surface area (Å²) in [5.41, 5.74) is 4.75. The highest BCUT2D eigenvalue weighted by Crippen LogP contribution is 2.29. The van der Waals surface area contributed by atoms with Gasteiger partial charge in [-0.25, -0.2) is 0 Å². The summed E-state index contributed by atoms with van der Waals surface area (Å²) in [5, 5.41) is 15.5. The minimum Gasteiger partial charge on any atom is -0.353 e. The number of hydrogen-bond acceptors (Lipinski definition) is 6. The van der Waals surface area contributed by atoms with Crippen molar-refractivity contribution in [1.29, 1.82) is 0 Å². The number of carbonyl (C=O) groups is 1. The predicted octanol–water partition coefficient (Wildman–Crippen LogP) is 5.13. The molecule has 0 saturated carbocycles. The van der Waals surface area contributed by atoms with E-state index in [1.54, 1.807) is 0 Å². The Morgan fingerprint density at radius 2 is 1.90 bits per heavy atom. The monoisotopic (exact) mass is 426 g/mol. The number of aromatic nitrogens is 2. The smallest absolute Gasteiger partial charge is 0.230 e. The number of rotatable bonds is 9. The van der Waals surface area contributed by atoms with E-state index in [0.717, 1.165) is 28.0 Å². The van der Waals surface area contributed by atoms with E-state index in [9.17, 15) is 4.79 Å². The maximum atomic E-state index is 12.2. The maximum absolute atomic E-state index is 12.2. The fourth-order valence-corrected chi connectivity index (χ4v) is 4.44. The van der Waals surface area contributed by atoms with E-state index < -0.39 is 0 Å². The summed E-state index contributed by atoms with van der Waals surface area (Å²) < 4.78 is 0.782. The fraction of sp³-hybridized carbons (Fsp3) is 0.318. The zero-order chi connectivity index (χ0) is 20.6. The lowest BCUT2D eigenvalue weighted by molar-refractivity contribution is -0.119. The highest BCUT2D eigenvalue weighted by atomic mass is 32.2. The van der Waals surface area contributed by atoms with Crippen LogP contribution in [0.2, 0.25) is 0 Å². The van der Waals surface area contributed by atoms with Crippen LogP contribution in [0, 0.1) is 13.8 Å². The molecule has 0 fully saturated rings. The van der Waals surface area contributed by atoms with Crippen LogP contribution in [0.15, 0.2) is 52.9 Å². The summed E-state index contributed by atoms with van der Waals surface area (Å²) >= 11 is 2.88. The van der Waals surface area contributed by atoms with Gasteiger partial charge >= 0.3 is 0 Å². The zero-order valence-corrected chi connectivity index (χ0v) is 18.6. The Morgan fingerprint density at radius 1 is 1.10 bits per heavy atom. The molecule has 0 spiro atoms. The first-order chi connectivity index (χ1) is 14.0. The number of amides is 1. The van der Waals surface area contributed by atoms with Gasteiger partial charge in [0.2, 0.25) is 11.0 Å². The van der Waals surface area contributed by atoms with Crippen LogP contribution in [0.5, 0.6) is 0 Å². The van der Waals surface area contributed by atoms with Crippen molar-refractivity contribution in [3.05, 3.63) is 65.2 Å². The second kappa shape index (κ2) is 10.4. The Labute approximate surface area is 180 Å². The Bertz CT molecular complexity index is 943. The van der Waals surface area contributed by atoms with Crippen molar-refractivity contribution in [2.24, 2.45) is 0 Å². The molecule has 0 aliphatic heterocycles. The van der Waals surface area contributed by atoms with Crippen LogP contribution in [0.4, 0.5) is 10.8 Å². The van der Waals surface area contributed by atoms with Crippen molar-refractivity contribution in [3.63, 3.8) is 0 Å². The molecular formula is C22H26N4OS2. The Balaban J connectivity index is 1.43. The van der Waals surface area contributed by atoms with E-state index >= 15 is 0 Å². The zero-order valence-electron chi connectivity index (χ0n) is 16.9. The summed E-state index contributed by atoms with van der Waals surface area (Å²) in [4.78, 5) is 12.2. The molecule has 1 heterocycles. The first kappa shape index (κ1) is 21.3. The average Bonchev–Trinajstić information content (AvgIpc) is 3.17. The Hall–Kier alpha value is -2.38. The number of aryl methyl sites for hydroxylation is 2. The molecule has 0 radical (unpaired) electrons. The molecule has 0 saturated heterocycles. The van der Waals surface area contributed by atoms with E-state index in [1.165, 1.54) is 39.8 Å². The third-order valence-electron chi connectivity index (χ3n) is 4.70. The highest BCUT2D eigenvalue weighted by molar-refractivity contribution is 8.01. The lowest BCUT2D eigenvalue weighted by Gasteiger charge is -2.13. The van der Waals surface area contributed by atoms with Crippen LogP contribution in [-0.4, -0.2) is 27.9 Å². The summed E-state index contributed by atoms with van der Waals surface area (Å²) in [6.45, 7) is 6.21. The van der Waals surface area contributed by atoms with E-state index in [1.807, 2.05) is 37.3 Å². The lowest BCUT2D eigenvalue weighted by Crippen LogP contribution is -2.34. The van der Waals surface area contributed by atoms with Gasteiger partial charge in [0.25, 0.3) is 0 Å². The number of benzene rings is 2. The van der Waals surface area contributed by atoms with E-state index in [-0.39, 0.29) is 11.9 Å². The molecule has 2 N–H and O–H groups in total. The van der Waals surface area contributed by atoms with Crippen molar-refractivity contribution in [3.8, 4) is 0 Å². The second-order valence-electron chi connectivity index (χ2n) is 7.03. The number of anilines is 2. The quantitative estimate of drug-likeness (QED) is 0.465. The van der Waals surface area contributed by atoms with E-state index in [0.29, 0.717) is 5.75 Å². The molecule has 1 aromatic heterocycles. The predicted molar refractivity (Wildman–Crippen MR) is 122 cm³/mol. The van der Waals surface area contributed by atoms with Crippen molar-refractivity contribution in [1.82, 2.24) is 15.5 Å². The number of nitrogens with zero attached hydrogens (tertiary/aromatic N) is 2. The summed E-state index contributed by atoms with van der Waals surface area (Å²) in [6, 6.07) is 16.6. The van der Waals surface area contributed by atoms with Crippen molar-refractivity contribution >= 4 is 39.8 Å². The lowest BCUT2D eigenvalue weighted by atomic mass is 10.1. The van der Waals surface area contributed by atoms with Crippen LogP contribution in [0.25, 0.3) is 0 Å². The summed E-state index contributed by atoms with van der Waals surface area (Å²) in [5.74, 6) is 0.364. The normalized spacial score (nSPS) is 11.8. The number of carbonyl (C=O) groups excluding carboxylic acids is 1. The van der Waals surface area contributed by atoms with Crippen molar-refractivity contribution in [2.75, 3.05) is 11.1 Å². The average molecular weight is 427 g/mol. The van der Waals surface area contributed by atoms with Gasteiger partial charge in [0.15, 0.2) is 4.34 Å². The third-order valence-corrected chi connectivity index (χ3v) is 6.67. The number of thioether (sulfide) groups is 1. The topological polar surface area (TPSA) is 66.9 Å². The standard InChI is InChI=1S/C22H26N4OS2/c1-15-8-7-11-19(17(15)3)24-21-25-26-22(29-21)28-14-20(27)23-16(2)12-13-18-9-5-4-6-10-18/h4-11,16H,12-14H2,1-3H3,(H,23,27)(H,24,25). The van der Waals surface area contributed by atoms with Crippen LogP contribution in [-0.2, 0) is 11.2 Å². The molecule has 0 aliphatic carbocycles. The molecule has 29 heavy (non-hydrogen) atoms. The molecule has 5 nitrogen and oxygen atoms in total. The molecule has 7 heteroatoms. The highest BCUT2D eigenvalue weighted by Gasteiger charge is 2.11. The third kappa shape index (κ3) is 6.58. The molecular weight excluding hydrogens is 400 g/mol. The Kier molecular flexibility index (Phi) is 7.66. The van der Waals surface area contributed by atoms with Gasteiger partial charge in [-0.1, -0.05) is 65.6 Å². The van der Waals surface area contributed by atoms with Crippen LogP contribution in [0.3, 0.4) is 0 Å². The molecule has 0 bridgehead atoms. The molecule has 3 aromatic rings. The molecule has 152 valence electrons. The molecule has 1 atom stereocenters. The van der Waals surface area contributed by atoms with Gasteiger partial charge in [0.1, 0.15) is 0 Å². The van der Waals surface area contributed by atoms with Crippen LogP contribution in [0.1, 0.15) is 30.0 Å². The fourth-order valence-electron chi connectivity index (χ4n) is 2.86. The molecule has 3 rings (SSSR count). The minimum atomic E-state index is 0.0230. The van der Waals surface area contributed by atoms with Crippen molar-refractivity contribution < 1.29 is 4.79 Å². The maximum Gasteiger partial charge on any atom is 0.230 e. The molecule has 1 amide bonds. The SMILES string of the molecule is Cc1cccc(Nc2nnc(SCC(=O)NC(C)CCc3ccccc3)s2)c1C. The van der Waals surface area contributed by atoms with Gasteiger partial charge in [-0.2, -0.15) is 0 Å². The summed E-state index contributed by atoms with van der Waals surface area (Å²) in [7, 11) is 0. The molecule has 1 unspecified atom stereocenters. The Morgan fingerprint density at radius 3 is 2.69 bits per heavy atom. The second-order valence-corrected chi connectivity index (χ2v) is 9.23. The molecule has 2 aromatic carbocycles. The first-order valence-electron chi connectivity index (χ1n) is 9.64. The summed E-state index contributed by atoms with van der Waals surface area (Å²) in [6.07, 6.45) is 1.88. The number of hydrogen-bond donors (Lipinski definition) is 2. The van der Waals surface area contributed by atoms with Gasteiger partial charge in [-0.05, 0) is 56.4 Å². The van der Waals surface area contributed by atoms with Crippen LogP contribution < -0.4 is 10.6 Å². The van der Waals surface area contributed by atoms with Crippen molar-refractivity contribution in [2.45, 2.75) is 44.0 Å². The van der Waals surface area contributed by atoms with E-state index in [4.69, 9.17) is 0 Å².